The van der Waals surface area contributed by atoms with Crippen LogP contribution in [0.15, 0.2) is 0 Å². The molecule has 0 bridgehead atoms. The minimum Gasteiger partial charge on any atom is -0.370 e. The van der Waals surface area contributed by atoms with Gasteiger partial charge in [0.15, 0.2) is 0 Å². The summed E-state index contributed by atoms with van der Waals surface area (Å²) in [5.41, 5.74) is 4.85. The fourth-order valence-corrected chi connectivity index (χ4v) is 0.385. The van der Waals surface area contributed by atoms with Gasteiger partial charge in [0, 0.05) is 13.1 Å². The van der Waals surface area contributed by atoms with E-state index in [-0.39, 0.29) is 24.0 Å². The first-order chi connectivity index (χ1) is 4.30. The largest absolute Gasteiger partial charge is 0.370 e. The Kier molecular flexibility index (Phi) is 5.39. The molecule has 0 aromatic heterocycles. The molecular formula is C5H12Cl2N2O. The van der Waals surface area contributed by atoms with Crippen molar-refractivity contribution in [3.05, 3.63) is 0 Å². The summed E-state index contributed by atoms with van der Waals surface area (Å²) in [6.45, 7) is 3.24. The van der Waals surface area contributed by atoms with Crippen molar-refractivity contribution >= 4 is 24.0 Å². The molecule has 2 unspecified atom stereocenters. The molecule has 0 spiro atoms. The summed E-state index contributed by atoms with van der Waals surface area (Å²) >= 11 is 5.33. The van der Waals surface area contributed by atoms with E-state index in [1.165, 1.54) is 13.1 Å². The fourth-order valence-electron chi connectivity index (χ4n) is 0.239. The van der Waals surface area contributed by atoms with Gasteiger partial charge in [0.1, 0.15) is 11.6 Å². The highest BCUT2D eigenvalue weighted by molar-refractivity contribution is 6.20. The molecule has 2 heterocycles. The second kappa shape index (κ2) is 5.16. The van der Waals surface area contributed by atoms with Crippen LogP contribution in [0.1, 0.15) is 0 Å². The second-order valence-corrected chi connectivity index (χ2v) is 2.57. The van der Waals surface area contributed by atoms with Crippen LogP contribution in [0.3, 0.4) is 0 Å². The van der Waals surface area contributed by atoms with Gasteiger partial charge in [-0.2, -0.15) is 0 Å². The molecule has 0 amide bonds. The molecule has 0 aromatic carbocycles. The van der Waals surface area contributed by atoms with Crippen molar-refractivity contribution in [2.75, 3.05) is 19.7 Å². The lowest BCUT2D eigenvalue weighted by molar-refractivity contribution is 0.402. The first kappa shape index (κ1) is 10.5. The van der Waals surface area contributed by atoms with Gasteiger partial charge in [0.2, 0.25) is 0 Å². The van der Waals surface area contributed by atoms with Gasteiger partial charge < -0.3 is 15.8 Å². The monoisotopic (exact) mass is 186 g/mol. The maximum Gasteiger partial charge on any atom is 0.110 e. The maximum atomic E-state index is 5.33. The molecule has 5 heteroatoms. The number of hydrogen-bond acceptors (Lipinski definition) is 3. The number of epoxide rings is 1. The van der Waals surface area contributed by atoms with Crippen LogP contribution >= 0.6 is 24.0 Å². The van der Waals surface area contributed by atoms with Crippen molar-refractivity contribution in [3.8, 4) is 0 Å². The van der Waals surface area contributed by atoms with E-state index in [9.17, 15) is 0 Å². The smallest absolute Gasteiger partial charge is 0.110 e. The summed E-state index contributed by atoms with van der Waals surface area (Å²) in [5, 5.41) is 3.00. The normalized spacial score (nSPS) is 28.8. The fraction of sp³-hybridized carbons (Fsp3) is 1.00. The van der Waals surface area contributed by atoms with E-state index in [0.717, 1.165) is 6.61 Å². The van der Waals surface area contributed by atoms with Crippen LogP contribution in [0.5, 0.6) is 0 Å². The van der Waals surface area contributed by atoms with Crippen LogP contribution in [0.2, 0.25) is 0 Å². The molecule has 0 saturated carbocycles. The van der Waals surface area contributed by atoms with Crippen LogP contribution in [-0.4, -0.2) is 31.3 Å². The minimum absolute atomic E-state index is 0. The third-order valence-electron chi connectivity index (χ3n) is 0.964. The molecule has 10 heavy (non-hydrogen) atoms. The van der Waals surface area contributed by atoms with Crippen molar-refractivity contribution in [1.29, 1.82) is 0 Å². The van der Waals surface area contributed by atoms with Gasteiger partial charge in [0.25, 0.3) is 0 Å². The van der Waals surface area contributed by atoms with Gasteiger partial charge in [-0.15, -0.1) is 24.0 Å². The van der Waals surface area contributed by atoms with Crippen LogP contribution in [0, 0.1) is 0 Å². The highest BCUT2D eigenvalue weighted by atomic mass is 35.5. The lowest BCUT2D eigenvalue weighted by Crippen LogP contribution is -2.18. The summed E-state index contributed by atoms with van der Waals surface area (Å²) in [4.78, 5) is 0. The van der Waals surface area contributed by atoms with Crippen LogP contribution in [-0.2, 0) is 4.74 Å². The highest BCUT2D eigenvalue weighted by Crippen LogP contribution is 2.13. The maximum absolute atomic E-state index is 5.33. The molecule has 2 saturated heterocycles. The summed E-state index contributed by atoms with van der Waals surface area (Å²) < 4.78 is 4.71. The molecule has 0 aliphatic carbocycles. The standard InChI is InChI=1S/C3H6ClNO.C2H5N.ClH/c4-3(5)2-1-6-2;1-2-3-1;/h2-3H,1,5H2;3H,1-2H2;1H. The molecule has 2 aliphatic rings. The zero-order valence-electron chi connectivity index (χ0n) is 5.55. The Bertz CT molecular complexity index is 83.0. The van der Waals surface area contributed by atoms with Crippen LogP contribution < -0.4 is 11.1 Å². The average Bonchev–Trinajstić information content (AvgIpc) is 2.64. The van der Waals surface area contributed by atoms with Gasteiger partial charge in [0.05, 0.1) is 6.61 Å². The molecule has 2 fully saturated rings. The first-order valence-corrected chi connectivity index (χ1v) is 3.46. The van der Waals surface area contributed by atoms with E-state index >= 15 is 0 Å². The molecule has 2 atom stereocenters. The summed E-state index contributed by atoms with van der Waals surface area (Å²) in [6.07, 6.45) is 0.145. The number of ether oxygens (including phenoxy) is 1. The Morgan fingerprint density at radius 2 is 2.00 bits per heavy atom. The zero-order valence-corrected chi connectivity index (χ0v) is 7.12. The molecule has 3 nitrogen and oxygen atoms in total. The molecule has 3 N–H and O–H groups in total. The van der Waals surface area contributed by atoms with Crippen molar-refractivity contribution in [3.63, 3.8) is 0 Å². The first-order valence-electron chi connectivity index (χ1n) is 3.02. The average molecular weight is 187 g/mol. The molecule has 2 rings (SSSR count). The van der Waals surface area contributed by atoms with Gasteiger partial charge in [-0.1, -0.05) is 0 Å². The minimum atomic E-state index is -0.287. The van der Waals surface area contributed by atoms with Crippen molar-refractivity contribution in [2.24, 2.45) is 5.73 Å². The van der Waals surface area contributed by atoms with Crippen LogP contribution in [0.4, 0.5) is 0 Å². The summed E-state index contributed by atoms with van der Waals surface area (Å²) in [6, 6.07) is 0. The number of alkyl halides is 1. The summed E-state index contributed by atoms with van der Waals surface area (Å²) in [5.74, 6) is 0. The molecule has 62 valence electrons. The lowest BCUT2D eigenvalue weighted by Gasteiger charge is -1.89. The Labute approximate surface area is 71.7 Å². The number of hydrogen-bond donors (Lipinski definition) is 2. The second-order valence-electron chi connectivity index (χ2n) is 2.07. The SMILES string of the molecule is C1CN1.Cl.NC(Cl)C1CO1. The quantitative estimate of drug-likeness (QED) is 0.343. The lowest BCUT2D eigenvalue weighted by atomic mass is 10.5. The van der Waals surface area contributed by atoms with Gasteiger partial charge in [-0.05, 0) is 0 Å². The molecule has 0 radical (unpaired) electrons. The number of rotatable bonds is 1. The molecule has 0 aromatic rings. The van der Waals surface area contributed by atoms with E-state index in [4.69, 9.17) is 22.1 Å². The Balaban J connectivity index is 0.000000174. The Hall–Kier alpha value is 0.460. The Morgan fingerprint density at radius 1 is 1.60 bits per heavy atom. The van der Waals surface area contributed by atoms with E-state index in [1.54, 1.807) is 0 Å². The van der Waals surface area contributed by atoms with E-state index in [0.29, 0.717) is 0 Å². The number of halogens is 2. The number of nitrogens with two attached hydrogens (primary N) is 1. The zero-order chi connectivity index (χ0) is 6.69. The van der Waals surface area contributed by atoms with Crippen LogP contribution in [0.25, 0.3) is 0 Å². The third kappa shape index (κ3) is 6.58. The van der Waals surface area contributed by atoms with Crippen molar-refractivity contribution < 1.29 is 4.74 Å². The molecule has 2 aliphatic heterocycles. The van der Waals surface area contributed by atoms with Gasteiger partial charge >= 0.3 is 0 Å². The third-order valence-corrected chi connectivity index (χ3v) is 1.25. The van der Waals surface area contributed by atoms with Crippen molar-refractivity contribution in [1.82, 2.24) is 5.32 Å². The van der Waals surface area contributed by atoms with Gasteiger partial charge in [-0.3, -0.25) is 0 Å². The van der Waals surface area contributed by atoms with E-state index in [2.05, 4.69) is 5.32 Å². The topological polar surface area (TPSA) is 60.5 Å². The number of nitrogens with one attached hydrogen (secondary N) is 1. The predicted molar refractivity (Wildman–Crippen MR) is 43.7 cm³/mol. The van der Waals surface area contributed by atoms with E-state index in [1.807, 2.05) is 0 Å². The molecular weight excluding hydrogens is 175 g/mol. The Morgan fingerprint density at radius 3 is 2.00 bits per heavy atom. The van der Waals surface area contributed by atoms with Crippen molar-refractivity contribution in [2.45, 2.75) is 11.6 Å². The van der Waals surface area contributed by atoms with Gasteiger partial charge in [-0.25, -0.2) is 0 Å². The van der Waals surface area contributed by atoms with E-state index < -0.39 is 0 Å². The highest BCUT2D eigenvalue weighted by Gasteiger charge is 2.27. The summed E-state index contributed by atoms with van der Waals surface area (Å²) in [7, 11) is 0. The predicted octanol–water partition coefficient (Wildman–Crippen LogP) is -0.0798.